The molecular weight excluding hydrogens is 501 g/mol. The molecule has 2 aromatic carbocycles. The van der Waals surface area contributed by atoms with Crippen LogP contribution in [0.1, 0.15) is 75.7 Å². The molecule has 2 heterocycles. The predicted molar refractivity (Wildman–Crippen MR) is 147 cm³/mol. The molecule has 9 heteroatoms. The van der Waals surface area contributed by atoms with Crippen molar-refractivity contribution < 1.29 is 5.76 Å². The topological polar surface area (TPSA) is 91.5 Å². The molecule has 4 aromatic rings. The number of nitriles is 1. The summed E-state index contributed by atoms with van der Waals surface area (Å²) in [5.41, 5.74) is 3.35. The number of benzene rings is 2. The number of pyridine rings is 1. The van der Waals surface area contributed by atoms with Gasteiger partial charge in [0.05, 0.1) is 41.4 Å². The van der Waals surface area contributed by atoms with Crippen LogP contribution in [0, 0.1) is 22.6 Å². The van der Waals surface area contributed by atoms with Gasteiger partial charge in [0.15, 0.2) is 0 Å². The summed E-state index contributed by atoms with van der Waals surface area (Å²) in [7, 11) is 0. The summed E-state index contributed by atoms with van der Waals surface area (Å²) in [4.78, 5) is 4.47. The maximum Gasteiger partial charge on any atom is 0.123 e. The Morgan fingerprint density at radius 1 is 1.29 bits per heavy atom. The van der Waals surface area contributed by atoms with Crippen molar-refractivity contribution in [1.82, 2.24) is 20.0 Å². The highest BCUT2D eigenvalue weighted by Gasteiger charge is 2.35. The summed E-state index contributed by atoms with van der Waals surface area (Å²) in [6, 6.07) is 10.3. The van der Waals surface area contributed by atoms with Crippen molar-refractivity contribution in [2.24, 2.45) is 5.41 Å². The SMILES string of the molecule is [2H][C@](Nc1cc(Cl)c2ncc(C#N)c(NCC3(CC)CCC3)c2c1)(c1ccc(F)cc1)c1cn(C2CC2)nn1. The van der Waals surface area contributed by atoms with E-state index in [1.165, 1.54) is 18.6 Å². The molecule has 2 saturated carbocycles. The first kappa shape index (κ1) is 23.4. The zero-order valence-electron chi connectivity index (χ0n) is 22.1. The summed E-state index contributed by atoms with van der Waals surface area (Å²) in [6.45, 7) is 2.97. The number of rotatable bonds is 9. The Balaban J connectivity index is 1.43. The van der Waals surface area contributed by atoms with Crippen LogP contribution in [-0.2, 0) is 0 Å². The van der Waals surface area contributed by atoms with Crippen molar-refractivity contribution in [2.45, 2.75) is 57.5 Å². The lowest BCUT2D eigenvalue weighted by Crippen LogP contribution is -2.36. The van der Waals surface area contributed by atoms with Gasteiger partial charge in [0, 0.05) is 23.8 Å². The van der Waals surface area contributed by atoms with Crippen LogP contribution in [0.2, 0.25) is 5.02 Å². The summed E-state index contributed by atoms with van der Waals surface area (Å²) in [5, 5.41) is 26.4. The smallest absolute Gasteiger partial charge is 0.123 e. The Hall–Kier alpha value is -3.70. The first-order valence-corrected chi connectivity index (χ1v) is 13.4. The summed E-state index contributed by atoms with van der Waals surface area (Å²) in [6.07, 6.45) is 9.99. The van der Waals surface area contributed by atoms with Gasteiger partial charge in [0.2, 0.25) is 0 Å². The molecule has 2 fully saturated rings. The van der Waals surface area contributed by atoms with Gasteiger partial charge in [-0.25, -0.2) is 9.07 Å². The van der Waals surface area contributed by atoms with Gasteiger partial charge in [-0.05, 0) is 67.3 Å². The van der Waals surface area contributed by atoms with Crippen molar-refractivity contribution in [3.05, 3.63) is 76.5 Å². The fraction of sp³-hybridized carbons (Fsp3) is 0.379. The highest BCUT2D eigenvalue weighted by molar-refractivity contribution is 6.35. The van der Waals surface area contributed by atoms with Crippen molar-refractivity contribution in [3.8, 4) is 6.07 Å². The molecule has 6 rings (SSSR count). The normalized spacial score (nSPS) is 18.2. The molecule has 0 amide bonds. The molecule has 2 N–H and O–H groups in total. The van der Waals surface area contributed by atoms with E-state index in [1.807, 2.05) is 6.07 Å². The molecular formula is C29H29ClFN7. The molecule has 0 spiro atoms. The third kappa shape index (κ3) is 4.67. The van der Waals surface area contributed by atoms with E-state index in [1.54, 1.807) is 35.3 Å². The number of halogens is 2. The largest absolute Gasteiger partial charge is 0.383 e. The van der Waals surface area contributed by atoms with Gasteiger partial charge in [0.25, 0.3) is 0 Å². The van der Waals surface area contributed by atoms with Crippen LogP contribution in [0.5, 0.6) is 0 Å². The summed E-state index contributed by atoms with van der Waals surface area (Å²) in [5.74, 6) is -0.390. The molecule has 0 unspecified atom stereocenters. The second-order valence-corrected chi connectivity index (χ2v) is 10.8. The van der Waals surface area contributed by atoms with Crippen LogP contribution in [-0.4, -0.2) is 26.5 Å². The van der Waals surface area contributed by atoms with E-state index in [-0.39, 0.29) is 5.41 Å². The average Bonchev–Trinajstić information content (AvgIpc) is 3.64. The highest BCUT2D eigenvalue weighted by Crippen LogP contribution is 2.44. The van der Waals surface area contributed by atoms with E-state index in [9.17, 15) is 11.0 Å². The van der Waals surface area contributed by atoms with Crippen LogP contribution in [0.4, 0.5) is 15.8 Å². The Morgan fingerprint density at radius 3 is 2.74 bits per heavy atom. The van der Waals surface area contributed by atoms with Crippen LogP contribution in [0.3, 0.4) is 0 Å². The molecule has 0 aliphatic heterocycles. The molecule has 38 heavy (non-hydrogen) atoms. The summed E-state index contributed by atoms with van der Waals surface area (Å²) < 4.78 is 25.1. The number of aromatic nitrogens is 4. The Morgan fingerprint density at radius 2 is 2.08 bits per heavy atom. The van der Waals surface area contributed by atoms with Crippen molar-refractivity contribution in [3.63, 3.8) is 0 Å². The van der Waals surface area contributed by atoms with Crippen molar-refractivity contribution in [1.29, 1.82) is 5.26 Å². The lowest BCUT2D eigenvalue weighted by molar-refractivity contribution is 0.145. The quantitative estimate of drug-likeness (QED) is 0.241. The molecule has 0 radical (unpaired) electrons. The van der Waals surface area contributed by atoms with E-state index in [4.69, 9.17) is 11.6 Å². The minimum Gasteiger partial charge on any atom is -0.383 e. The van der Waals surface area contributed by atoms with Crippen molar-refractivity contribution in [2.75, 3.05) is 17.2 Å². The third-order valence-corrected chi connectivity index (χ3v) is 8.23. The van der Waals surface area contributed by atoms with E-state index in [0.29, 0.717) is 50.2 Å². The Kier molecular flexibility index (Phi) is 6.09. The first-order chi connectivity index (χ1) is 18.8. The van der Waals surface area contributed by atoms with Gasteiger partial charge in [-0.1, -0.05) is 42.3 Å². The lowest BCUT2D eigenvalue weighted by atomic mass is 9.67. The molecule has 2 aromatic heterocycles. The first-order valence-electron chi connectivity index (χ1n) is 13.6. The minimum atomic E-state index is -1.58. The molecule has 2 aliphatic carbocycles. The number of fused-ring (bicyclic) bond motifs is 1. The number of nitrogens with zero attached hydrogens (tertiary/aromatic N) is 5. The summed E-state index contributed by atoms with van der Waals surface area (Å²) >= 11 is 6.73. The van der Waals surface area contributed by atoms with E-state index >= 15 is 0 Å². The fourth-order valence-corrected chi connectivity index (χ4v) is 5.44. The van der Waals surface area contributed by atoms with E-state index in [0.717, 1.165) is 38.6 Å². The van der Waals surface area contributed by atoms with Gasteiger partial charge < -0.3 is 10.6 Å². The van der Waals surface area contributed by atoms with E-state index < -0.39 is 11.8 Å². The number of anilines is 2. The number of hydrogen-bond donors (Lipinski definition) is 2. The fourth-order valence-electron chi connectivity index (χ4n) is 5.17. The van der Waals surface area contributed by atoms with Gasteiger partial charge in [-0.3, -0.25) is 4.98 Å². The van der Waals surface area contributed by atoms with E-state index in [2.05, 4.69) is 38.9 Å². The number of nitrogens with one attached hydrogen (secondary N) is 2. The lowest BCUT2D eigenvalue weighted by Gasteiger charge is -2.41. The predicted octanol–water partition coefficient (Wildman–Crippen LogP) is 7.02. The molecule has 1 atom stereocenters. The maximum atomic E-state index is 13.8. The van der Waals surface area contributed by atoms with Gasteiger partial charge in [0.1, 0.15) is 17.6 Å². The molecule has 194 valence electrons. The van der Waals surface area contributed by atoms with Crippen LogP contribution < -0.4 is 10.6 Å². The standard InChI is InChI=1S/C29H29ClFN7/c1-2-29(10-3-11-29)17-34-26-19(14-32)15-33-28-23(26)12-21(13-24(28)30)35-27(18-4-6-20(31)7-5-18)25-16-38(37-36-25)22-8-9-22/h4-7,12-13,15-16,22,27,35H,2-3,8-11,17H2,1H3,(H,33,34)/t27-/m0/s1/i27D. The Labute approximate surface area is 227 Å². The molecule has 0 saturated heterocycles. The third-order valence-electron chi connectivity index (χ3n) is 7.94. The van der Waals surface area contributed by atoms with Gasteiger partial charge >= 0.3 is 0 Å². The zero-order valence-corrected chi connectivity index (χ0v) is 21.9. The van der Waals surface area contributed by atoms with Crippen LogP contribution in [0.25, 0.3) is 10.9 Å². The number of hydrogen-bond acceptors (Lipinski definition) is 6. The Bertz CT molecular complexity index is 1570. The molecule has 2 aliphatic rings. The average molecular weight is 531 g/mol. The molecule has 0 bridgehead atoms. The minimum absolute atomic E-state index is 0.230. The maximum absolute atomic E-state index is 13.8. The van der Waals surface area contributed by atoms with Crippen LogP contribution in [0.15, 0.2) is 48.8 Å². The molecule has 7 nitrogen and oxygen atoms in total. The zero-order chi connectivity index (χ0) is 27.2. The van der Waals surface area contributed by atoms with Crippen LogP contribution >= 0.6 is 11.6 Å². The second kappa shape index (κ2) is 9.88. The van der Waals surface area contributed by atoms with Crippen molar-refractivity contribution >= 4 is 33.9 Å². The highest BCUT2D eigenvalue weighted by atomic mass is 35.5. The second-order valence-electron chi connectivity index (χ2n) is 10.4. The van der Waals surface area contributed by atoms with Gasteiger partial charge in [-0.2, -0.15) is 5.26 Å². The van der Waals surface area contributed by atoms with Gasteiger partial charge in [-0.15, -0.1) is 5.10 Å². The monoisotopic (exact) mass is 530 g/mol.